The van der Waals surface area contributed by atoms with E-state index in [2.05, 4.69) is 52.1 Å². The maximum Gasteiger partial charge on any atom is 0.161 e. The fourth-order valence-corrected chi connectivity index (χ4v) is 2.60. The highest BCUT2D eigenvalue weighted by Gasteiger charge is 2.32. The van der Waals surface area contributed by atoms with Gasteiger partial charge in [0.1, 0.15) is 5.82 Å². The highest BCUT2D eigenvalue weighted by molar-refractivity contribution is 5.41. The Morgan fingerprint density at radius 3 is 3.16 bits per heavy atom. The van der Waals surface area contributed by atoms with Crippen molar-refractivity contribution in [2.45, 2.75) is 32.2 Å². The average Bonchev–Trinajstić information content (AvgIpc) is 3.01. The summed E-state index contributed by atoms with van der Waals surface area (Å²) >= 11 is 0. The smallest absolute Gasteiger partial charge is 0.161 e. The molecule has 0 bridgehead atoms. The molecule has 102 valence electrons. The molecule has 1 fully saturated rings. The van der Waals surface area contributed by atoms with E-state index in [4.69, 9.17) is 4.74 Å². The molecule has 2 atom stereocenters. The highest BCUT2D eigenvalue weighted by Crippen LogP contribution is 2.25. The zero-order valence-corrected chi connectivity index (χ0v) is 11.5. The lowest BCUT2D eigenvalue weighted by Crippen LogP contribution is -2.35. The van der Waals surface area contributed by atoms with Crippen LogP contribution in [0.1, 0.15) is 30.7 Å². The van der Waals surface area contributed by atoms with Crippen LogP contribution in [0.15, 0.2) is 18.3 Å². The molecule has 2 aromatic rings. The third-order valence-corrected chi connectivity index (χ3v) is 3.66. The van der Waals surface area contributed by atoms with Crippen LogP contribution >= 0.6 is 0 Å². The zero-order chi connectivity index (χ0) is 13.2. The second-order valence-electron chi connectivity index (χ2n) is 5.20. The van der Waals surface area contributed by atoms with Crippen LogP contribution in [0.25, 0.3) is 5.65 Å². The van der Waals surface area contributed by atoms with E-state index in [-0.39, 0.29) is 5.92 Å². The van der Waals surface area contributed by atoms with Gasteiger partial charge in [0, 0.05) is 12.2 Å². The van der Waals surface area contributed by atoms with Crippen LogP contribution in [0.2, 0.25) is 0 Å². The molecule has 0 radical (unpaired) electrons. The van der Waals surface area contributed by atoms with Gasteiger partial charge in [-0.25, -0.2) is 0 Å². The summed E-state index contributed by atoms with van der Waals surface area (Å²) in [6, 6.07) is 4.49. The Morgan fingerprint density at radius 1 is 1.42 bits per heavy atom. The molecular weight excluding hydrogens is 240 g/mol. The molecule has 3 heterocycles. The number of aryl methyl sites for hydroxylation is 1. The van der Waals surface area contributed by atoms with Gasteiger partial charge in [-0.05, 0) is 37.6 Å². The van der Waals surface area contributed by atoms with E-state index < -0.39 is 0 Å². The predicted octanol–water partition coefficient (Wildman–Crippen LogP) is 1.52. The van der Waals surface area contributed by atoms with Gasteiger partial charge in [0.05, 0.1) is 19.1 Å². The van der Waals surface area contributed by atoms with Gasteiger partial charge in [-0.15, -0.1) is 10.2 Å². The minimum absolute atomic E-state index is 0.282. The molecule has 1 saturated heterocycles. The summed E-state index contributed by atoms with van der Waals surface area (Å²) in [5.74, 6) is 1.28. The first-order valence-electron chi connectivity index (χ1n) is 6.92. The number of nitrogens with one attached hydrogen (secondary N) is 1. The molecule has 0 amide bonds. The molecule has 5 nitrogen and oxygen atoms in total. The van der Waals surface area contributed by atoms with E-state index in [9.17, 15) is 0 Å². The first kappa shape index (κ1) is 12.6. The van der Waals surface area contributed by atoms with Crippen molar-refractivity contribution < 1.29 is 4.74 Å². The number of aromatic nitrogens is 3. The molecule has 0 spiro atoms. The summed E-state index contributed by atoms with van der Waals surface area (Å²) in [5, 5.41) is 12.2. The fraction of sp³-hybridized carbons (Fsp3) is 0.571. The topological polar surface area (TPSA) is 51.5 Å². The molecule has 1 N–H and O–H groups in total. The molecule has 0 aromatic carbocycles. The number of ether oxygens (including phenoxy) is 1. The van der Waals surface area contributed by atoms with E-state index in [1.165, 1.54) is 5.56 Å². The standard InChI is InChI=1S/C14H20N4O/c1-3-5-15-12-9-19-8-11(12)14-17-16-13-7-10(2)4-6-18(13)14/h4,6-7,11-12,15H,3,5,8-9H2,1-2H3. The van der Waals surface area contributed by atoms with E-state index in [1.807, 2.05) is 0 Å². The normalized spacial score (nSPS) is 23.3. The van der Waals surface area contributed by atoms with Crippen LogP contribution < -0.4 is 5.32 Å². The molecule has 1 aliphatic rings. The van der Waals surface area contributed by atoms with Gasteiger partial charge in [-0.1, -0.05) is 6.92 Å². The maximum absolute atomic E-state index is 5.62. The van der Waals surface area contributed by atoms with Crippen molar-refractivity contribution in [3.05, 3.63) is 29.7 Å². The first-order chi connectivity index (χ1) is 9.29. The van der Waals surface area contributed by atoms with Gasteiger partial charge in [0.15, 0.2) is 5.65 Å². The van der Waals surface area contributed by atoms with Crippen molar-refractivity contribution in [3.8, 4) is 0 Å². The monoisotopic (exact) mass is 260 g/mol. The molecule has 0 aliphatic carbocycles. The molecule has 2 unspecified atom stereocenters. The predicted molar refractivity (Wildman–Crippen MR) is 73.4 cm³/mol. The molecule has 5 heteroatoms. The Kier molecular flexibility index (Phi) is 3.48. The van der Waals surface area contributed by atoms with Crippen molar-refractivity contribution in [2.24, 2.45) is 0 Å². The van der Waals surface area contributed by atoms with Gasteiger partial charge in [0.25, 0.3) is 0 Å². The van der Waals surface area contributed by atoms with Crippen molar-refractivity contribution >= 4 is 5.65 Å². The third-order valence-electron chi connectivity index (χ3n) is 3.66. The minimum atomic E-state index is 0.282. The van der Waals surface area contributed by atoms with E-state index in [0.29, 0.717) is 6.04 Å². The van der Waals surface area contributed by atoms with Crippen LogP contribution in [-0.2, 0) is 4.74 Å². The lowest BCUT2D eigenvalue weighted by molar-refractivity contribution is 0.187. The summed E-state index contributed by atoms with van der Waals surface area (Å²) in [4.78, 5) is 0. The van der Waals surface area contributed by atoms with Crippen molar-refractivity contribution in [1.82, 2.24) is 19.9 Å². The Hall–Kier alpha value is -1.46. The summed E-state index contributed by atoms with van der Waals surface area (Å²) < 4.78 is 7.70. The van der Waals surface area contributed by atoms with E-state index >= 15 is 0 Å². The van der Waals surface area contributed by atoms with E-state index in [0.717, 1.165) is 37.7 Å². The highest BCUT2D eigenvalue weighted by atomic mass is 16.5. The van der Waals surface area contributed by atoms with Crippen LogP contribution in [0, 0.1) is 6.92 Å². The molecule has 2 aromatic heterocycles. The van der Waals surface area contributed by atoms with Crippen LogP contribution in [0.5, 0.6) is 0 Å². The van der Waals surface area contributed by atoms with Crippen molar-refractivity contribution in [2.75, 3.05) is 19.8 Å². The molecule has 1 aliphatic heterocycles. The van der Waals surface area contributed by atoms with Crippen LogP contribution in [0.3, 0.4) is 0 Å². The average molecular weight is 260 g/mol. The maximum atomic E-state index is 5.62. The molecule has 19 heavy (non-hydrogen) atoms. The SMILES string of the molecule is CCCNC1COCC1c1nnc2cc(C)ccn12. The number of pyridine rings is 1. The Morgan fingerprint density at radius 2 is 2.32 bits per heavy atom. The Bertz CT molecular complexity index is 566. The Balaban J connectivity index is 1.90. The van der Waals surface area contributed by atoms with Gasteiger partial charge in [-0.3, -0.25) is 4.40 Å². The number of hydrogen-bond donors (Lipinski definition) is 1. The van der Waals surface area contributed by atoms with Crippen LogP contribution in [-0.4, -0.2) is 40.4 Å². The molecule has 0 saturated carbocycles. The van der Waals surface area contributed by atoms with E-state index in [1.54, 1.807) is 0 Å². The lowest BCUT2D eigenvalue weighted by Gasteiger charge is -2.17. The van der Waals surface area contributed by atoms with Gasteiger partial charge in [-0.2, -0.15) is 0 Å². The number of hydrogen-bond acceptors (Lipinski definition) is 4. The summed E-state index contributed by atoms with van der Waals surface area (Å²) in [6.07, 6.45) is 3.18. The van der Waals surface area contributed by atoms with Crippen molar-refractivity contribution in [3.63, 3.8) is 0 Å². The second kappa shape index (κ2) is 5.27. The van der Waals surface area contributed by atoms with Gasteiger partial charge < -0.3 is 10.1 Å². The van der Waals surface area contributed by atoms with Crippen LogP contribution in [0.4, 0.5) is 0 Å². The largest absolute Gasteiger partial charge is 0.379 e. The summed E-state index contributed by atoms with van der Waals surface area (Å²) in [5.41, 5.74) is 2.12. The first-order valence-corrected chi connectivity index (χ1v) is 6.92. The summed E-state index contributed by atoms with van der Waals surface area (Å²) in [6.45, 7) is 6.73. The Labute approximate surface area is 113 Å². The van der Waals surface area contributed by atoms with Gasteiger partial charge >= 0.3 is 0 Å². The van der Waals surface area contributed by atoms with Gasteiger partial charge in [0.2, 0.25) is 0 Å². The number of fused-ring (bicyclic) bond motifs is 1. The lowest BCUT2D eigenvalue weighted by atomic mass is 10.0. The third kappa shape index (κ3) is 2.35. The molecule has 3 rings (SSSR count). The fourth-order valence-electron chi connectivity index (χ4n) is 2.60. The zero-order valence-electron chi connectivity index (χ0n) is 11.5. The molecular formula is C14H20N4O. The quantitative estimate of drug-likeness (QED) is 0.905. The number of nitrogens with zero attached hydrogens (tertiary/aromatic N) is 3. The second-order valence-corrected chi connectivity index (χ2v) is 5.20. The summed E-state index contributed by atoms with van der Waals surface area (Å²) in [7, 11) is 0. The minimum Gasteiger partial charge on any atom is -0.379 e. The van der Waals surface area contributed by atoms with Crippen molar-refractivity contribution in [1.29, 1.82) is 0 Å². The number of rotatable bonds is 4.